The standard InChI is InChI=1S/C16H19N3O2/c20-16(21)11-4-5-14-13(10-11)17-15-6-7-18(8-9-19(14)15)12-2-1-3-12/h4-5,10,12H,1-3,6-9H2,(H,20,21). The smallest absolute Gasteiger partial charge is 0.335 e. The van der Waals surface area contributed by atoms with E-state index in [4.69, 9.17) is 5.11 Å². The predicted octanol–water partition coefficient (Wildman–Crippen LogP) is 2.15. The van der Waals surface area contributed by atoms with E-state index in [-0.39, 0.29) is 0 Å². The van der Waals surface area contributed by atoms with Crippen LogP contribution in [-0.4, -0.2) is 44.7 Å². The molecular formula is C16H19N3O2. The number of hydrogen-bond acceptors (Lipinski definition) is 3. The van der Waals surface area contributed by atoms with Crippen molar-refractivity contribution in [2.45, 2.75) is 38.3 Å². The van der Waals surface area contributed by atoms with Crippen molar-refractivity contribution in [2.75, 3.05) is 13.1 Å². The number of nitrogens with zero attached hydrogens (tertiary/aromatic N) is 3. The van der Waals surface area contributed by atoms with Gasteiger partial charge in [0.2, 0.25) is 0 Å². The van der Waals surface area contributed by atoms with Gasteiger partial charge in [0.1, 0.15) is 5.82 Å². The van der Waals surface area contributed by atoms with Crippen LogP contribution in [0.5, 0.6) is 0 Å². The van der Waals surface area contributed by atoms with Crippen molar-refractivity contribution in [3.05, 3.63) is 29.6 Å². The minimum atomic E-state index is -0.892. The lowest BCUT2D eigenvalue weighted by Gasteiger charge is -2.36. The molecule has 1 N–H and O–H groups in total. The number of imidazole rings is 1. The summed E-state index contributed by atoms with van der Waals surface area (Å²) in [7, 11) is 0. The summed E-state index contributed by atoms with van der Waals surface area (Å²) >= 11 is 0. The van der Waals surface area contributed by atoms with E-state index in [0.29, 0.717) is 5.56 Å². The fraction of sp³-hybridized carbons (Fsp3) is 0.500. The zero-order valence-corrected chi connectivity index (χ0v) is 12.0. The van der Waals surface area contributed by atoms with Gasteiger partial charge in [0.15, 0.2) is 0 Å². The first-order valence-electron chi connectivity index (χ1n) is 7.69. The summed E-state index contributed by atoms with van der Waals surface area (Å²) in [5, 5.41) is 9.08. The molecule has 0 unspecified atom stereocenters. The number of fused-ring (bicyclic) bond motifs is 3. The van der Waals surface area contributed by atoms with Gasteiger partial charge in [0.25, 0.3) is 0 Å². The molecule has 1 aliphatic heterocycles. The second-order valence-electron chi connectivity index (χ2n) is 6.06. The quantitative estimate of drug-likeness (QED) is 0.918. The SMILES string of the molecule is O=C(O)c1ccc2c(c1)nc1n2CCN(C2CCC2)CC1. The zero-order valence-electron chi connectivity index (χ0n) is 12.0. The Kier molecular flexibility index (Phi) is 2.96. The van der Waals surface area contributed by atoms with E-state index in [1.807, 2.05) is 6.07 Å². The maximum atomic E-state index is 11.1. The maximum Gasteiger partial charge on any atom is 0.335 e. The molecule has 0 atom stereocenters. The van der Waals surface area contributed by atoms with Crippen LogP contribution in [0.4, 0.5) is 0 Å². The molecule has 4 rings (SSSR count). The summed E-state index contributed by atoms with van der Waals surface area (Å²) in [4.78, 5) is 18.3. The molecule has 0 radical (unpaired) electrons. The highest BCUT2D eigenvalue weighted by molar-refractivity contribution is 5.92. The molecule has 21 heavy (non-hydrogen) atoms. The number of hydrogen-bond donors (Lipinski definition) is 1. The maximum absolute atomic E-state index is 11.1. The Balaban J connectivity index is 1.66. The molecule has 0 amide bonds. The van der Waals surface area contributed by atoms with Gasteiger partial charge in [-0.15, -0.1) is 0 Å². The van der Waals surface area contributed by atoms with E-state index >= 15 is 0 Å². The molecule has 0 spiro atoms. The van der Waals surface area contributed by atoms with Crippen LogP contribution < -0.4 is 0 Å². The van der Waals surface area contributed by atoms with Gasteiger partial charge in [-0.3, -0.25) is 4.90 Å². The molecule has 110 valence electrons. The van der Waals surface area contributed by atoms with Gasteiger partial charge in [0.05, 0.1) is 16.6 Å². The van der Waals surface area contributed by atoms with Crippen molar-refractivity contribution < 1.29 is 9.90 Å². The summed E-state index contributed by atoms with van der Waals surface area (Å²) in [6.45, 7) is 3.10. The third kappa shape index (κ3) is 2.12. The fourth-order valence-electron chi connectivity index (χ4n) is 3.45. The van der Waals surface area contributed by atoms with Crippen molar-refractivity contribution in [3.8, 4) is 0 Å². The van der Waals surface area contributed by atoms with E-state index in [1.54, 1.807) is 12.1 Å². The Morgan fingerprint density at radius 1 is 1.24 bits per heavy atom. The molecule has 0 saturated heterocycles. The monoisotopic (exact) mass is 285 g/mol. The fourth-order valence-corrected chi connectivity index (χ4v) is 3.45. The first-order chi connectivity index (χ1) is 10.2. The van der Waals surface area contributed by atoms with E-state index in [0.717, 1.165) is 49.0 Å². The number of carbonyl (C=O) groups is 1. The van der Waals surface area contributed by atoms with Crippen LogP contribution in [0.3, 0.4) is 0 Å². The molecular weight excluding hydrogens is 266 g/mol. The van der Waals surface area contributed by atoms with Crippen LogP contribution >= 0.6 is 0 Å². The third-order valence-electron chi connectivity index (χ3n) is 4.90. The summed E-state index contributed by atoms with van der Waals surface area (Å²) in [6.07, 6.45) is 5.00. The minimum Gasteiger partial charge on any atom is -0.478 e. The number of aromatic nitrogens is 2. The van der Waals surface area contributed by atoms with Crippen molar-refractivity contribution in [3.63, 3.8) is 0 Å². The molecule has 2 aliphatic rings. The van der Waals surface area contributed by atoms with E-state index in [1.165, 1.54) is 19.3 Å². The Morgan fingerprint density at radius 3 is 2.81 bits per heavy atom. The third-order valence-corrected chi connectivity index (χ3v) is 4.90. The molecule has 0 bridgehead atoms. The number of aromatic carboxylic acids is 1. The lowest BCUT2D eigenvalue weighted by molar-refractivity contribution is 0.0697. The van der Waals surface area contributed by atoms with Crippen LogP contribution in [-0.2, 0) is 13.0 Å². The van der Waals surface area contributed by atoms with E-state index < -0.39 is 5.97 Å². The summed E-state index contributed by atoms with van der Waals surface area (Å²) in [5.74, 6) is 0.200. The zero-order chi connectivity index (χ0) is 14.4. The van der Waals surface area contributed by atoms with Crippen LogP contribution in [0.15, 0.2) is 18.2 Å². The van der Waals surface area contributed by atoms with Gasteiger partial charge in [-0.05, 0) is 31.0 Å². The first kappa shape index (κ1) is 12.8. The Morgan fingerprint density at radius 2 is 2.10 bits per heavy atom. The van der Waals surface area contributed by atoms with Crippen LogP contribution in [0.1, 0.15) is 35.4 Å². The second kappa shape index (κ2) is 4.84. The van der Waals surface area contributed by atoms with Crippen molar-refractivity contribution in [1.82, 2.24) is 14.5 Å². The van der Waals surface area contributed by atoms with Gasteiger partial charge in [-0.25, -0.2) is 9.78 Å². The highest BCUT2D eigenvalue weighted by Crippen LogP contribution is 2.27. The Bertz CT molecular complexity index is 703. The van der Waals surface area contributed by atoms with Crippen molar-refractivity contribution >= 4 is 17.0 Å². The molecule has 1 aromatic carbocycles. The summed E-state index contributed by atoms with van der Waals surface area (Å²) in [5.41, 5.74) is 2.18. The molecule has 2 heterocycles. The Labute approximate surface area is 123 Å². The van der Waals surface area contributed by atoms with Crippen LogP contribution in [0, 0.1) is 0 Å². The average Bonchev–Trinajstić information content (AvgIpc) is 2.64. The predicted molar refractivity (Wildman–Crippen MR) is 79.6 cm³/mol. The molecule has 1 aliphatic carbocycles. The lowest BCUT2D eigenvalue weighted by atomic mass is 9.91. The van der Waals surface area contributed by atoms with Crippen molar-refractivity contribution in [1.29, 1.82) is 0 Å². The van der Waals surface area contributed by atoms with E-state index in [9.17, 15) is 4.79 Å². The lowest BCUT2D eigenvalue weighted by Crippen LogP contribution is -2.41. The van der Waals surface area contributed by atoms with Gasteiger partial charge in [-0.1, -0.05) is 6.42 Å². The van der Waals surface area contributed by atoms with Gasteiger partial charge in [0, 0.05) is 32.1 Å². The first-order valence-corrected chi connectivity index (χ1v) is 7.69. The molecule has 5 nitrogen and oxygen atoms in total. The average molecular weight is 285 g/mol. The second-order valence-corrected chi connectivity index (χ2v) is 6.06. The number of benzene rings is 1. The number of carboxylic acids is 1. The molecule has 2 aromatic rings. The topological polar surface area (TPSA) is 58.4 Å². The minimum absolute atomic E-state index is 0.312. The van der Waals surface area contributed by atoms with Gasteiger partial charge >= 0.3 is 5.97 Å². The van der Waals surface area contributed by atoms with Crippen LogP contribution in [0.2, 0.25) is 0 Å². The normalized spacial score (nSPS) is 20.0. The summed E-state index contributed by atoms with van der Waals surface area (Å²) < 4.78 is 2.26. The molecule has 1 aromatic heterocycles. The summed E-state index contributed by atoms with van der Waals surface area (Å²) in [6, 6.07) is 6.03. The van der Waals surface area contributed by atoms with Gasteiger partial charge < -0.3 is 9.67 Å². The number of rotatable bonds is 2. The highest BCUT2D eigenvalue weighted by atomic mass is 16.4. The molecule has 1 fully saturated rings. The van der Waals surface area contributed by atoms with E-state index in [2.05, 4.69) is 14.5 Å². The van der Waals surface area contributed by atoms with Crippen LogP contribution in [0.25, 0.3) is 11.0 Å². The Hall–Kier alpha value is -1.88. The highest BCUT2D eigenvalue weighted by Gasteiger charge is 2.27. The molecule has 1 saturated carbocycles. The van der Waals surface area contributed by atoms with Gasteiger partial charge in [-0.2, -0.15) is 0 Å². The molecule has 5 heteroatoms. The largest absolute Gasteiger partial charge is 0.478 e. The number of carboxylic acid groups (broad SMARTS) is 1. The van der Waals surface area contributed by atoms with Crippen molar-refractivity contribution in [2.24, 2.45) is 0 Å².